The first kappa shape index (κ1) is 17.7. The second-order valence-electron chi connectivity index (χ2n) is 6.66. The molecule has 2 aromatic rings. The highest BCUT2D eigenvalue weighted by molar-refractivity contribution is 5.40. The van der Waals surface area contributed by atoms with Crippen LogP contribution in [0.25, 0.3) is 0 Å². The van der Waals surface area contributed by atoms with Crippen LogP contribution in [0.1, 0.15) is 24.1 Å². The van der Waals surface area contributed by atoms with E-state index in [0.717, 1.165) is 44.3 Å². The van der Waals surface area contributed by atoms with Gasteiger partial charge in [0.2, 0.25) is 0 Å². The number of hydrogen-bond acceptors (Lipinski definition) is 5. The van der Waals surface area contributed by atoms with Crippen LogP contribution in [0.4, 0.5) is 5.82 Å². The topological polar surface area (TPSA) is 40.6 Å². The lowest BCUT2D eigenvalue weighted by Crippen LogP contribution is -2.44. The standard InChI is InChI=1S/C20H28N4O/c1-16(18-6-4-5-7-19(18)25-3)21-14-17-8-9-20(22-15-17)24-12-10-23(2)11-13-24/h4-9,15-16,21H,10-14H2,1-3H3/t16-/m0/s1. The zero-order valence-electron chi connectivity index (χ0n) is 15.4. The number of nitrogens with one attached hydrogen (secondary N) is 1. The van der Waals surface area contributed by atoms with Gasteiger partial charge in [0.15, 0.2) is 0 Å². The van der Waals surface area contributed by atoms with E-state index in [4.69, 9.17) is 4.74 Å². The van der Waals surface area contributed by atoms with Gasteiger partial charge in [-0.1, -0.05) is 24.3 Å². The highest BCUT2D eigenvalue weighted by Crippen LogP contribution is 2.24. The molecule has 1 aliphatic rings. The van der Waals surface area contributed by atoms with Crippen molar-refractivity contribution in [3.63, 3.8) is 0 Å². The van der Waals surface area contributed by atoms with E-state index in [9.17, 15) is 0 Å². The van der Waals surface area contributed by atoms with Gasteiger partial charge in [0.1, 0.15) is 11.6 Å². The summed E-state index contributed by atoms with van der Waals surface area (Å²) in [5, 5.41) is 3.55. The van der Waals surface area contributed by atoms with Crippen LogP contribution in [0.15, 0.2) is 42.6 Å². The molecule has 1 aromatic heterocycles. The number of hydrogen-bond donors (Lipinski definition) is 1. The van der Waals surface area contributed by atoms with Gasteiger partial charge >= 0.3 is 0 Å². The van der Waals surface area contributed by atoms with Gasteiger partial charge in [-0.3, -0.25) is 0 Å². The van der Waals surface area contributed by atoms with E-state index in [0.29, 0.717) is 0 Å². The number of piperazine rings is 1. The summed E-state index contributed by atoms with van der Waals surface area (Å²) >= 11 is 0. The molecule has 5 nitrogen and oxygen atoms in total. The van der Waals surface area contributed by atoms with Gasteiger partial charge in [-0.15, -0.1) is 0 Å². The Labute approximate surface area is 150 Å². The average Bonchev–Trinajstić information content (AvgIpc) is 2.67. The third-order valence-corrected chi connectivity index (χ3v) is 4.85. The van der Waals surface area contributed by atoms with Crippen LogP contribution < -0.4 is 15.0 Å². The Bertz CT molecular complexity index is 666. The molecule has 5 heteroatoms. The highest BCUT2D eigenvalue weighted by Gasteiger charge is 2.15. The van der Waals surface area contributed by atoms with E-state index in [1.165, 1.54) is 11.1 Å². The van der Waals surface area contributed by atoms with E-state index in [1.54, 1.807) is 7.11 Å². The fraction of sp³-hybridized carbons (Fsp3) is 0.450. The minimum atomic E-state index is 0.216. The van der Waals surface area contributed by atoms with Crippen LogP contribution in [-0.4, -0.2) is 50.2 Å². The lowest BCUT2D eigenvalue weighted by molar-refractivity contribution is 0.312. The second-order valence-corrected chi connectivity index (χ2v) is 6.66. The Kier molecular flexibility index (Phi) is 5.89. The molecular weight excluding hydrogens is 312 g/mol. The summed E-state index contributed by atoms with van der Waals surface area (Å²) in [5.74, 6) is 2.00. The monoisotopic (exact) mass is 340 g/mol. The number of para-hydroxylation sites is 1. The Morgan fingerprint density at radius 3 is 2.56 bits per heavy atom. The van der Waals surface area contributed by atoms with Crippen molar-refractivity contribution in [1.82, 2.24) is 15.2 Å². The molecule has 0 spiro atoms. The third kappa shape index (κ3) is 4.50. The smallest absolute Gasteiger partial charge is 0.128 e. The fourth-order valence-corrected chi connectivity index (χ4v) is 3.15. The summed E-state index contributed by atoms with van der Waals surface area (Å²) in [6, 6.07) is 12.7. The maximum absolute atomic E-state index is 5.45. The quantitative estimate of drug-likeness (QED) is 0.875. The molecule has 1 aromatic carbocycles. The zero-order chi connectivity index (χ0) is 17.6. The van der Waals surface area contributed by atoms with Crippen molar-refractivity contribution in [2.45, 2.75) is 19.5 Å². The summed E-state index contributed by atoms with van der Waals surface area (Å²) in [4.78, 5) is 9.37. The first-order valence-electron chi connectivity index (χ1n) is 8.92. The van der Waals surface area contributed by atoms with Crippen LogP contribution in [0.3, 0.4) is 0 Å². The van der Waals surface area contributed by atoms with Crippen molar-refractivity contribution < 1.29 is 4.74 Å². The van der Waals surface area contributed by atoms with Crippen molar-refractivity contribution in [3.05, 3.63) is 53.7 Å². The number of ether oxygens (including phenoxy) is 1. The van der Waals surface area contributed by atoms with Gasteiger partial charge in [-0.05, 0) is 31.7 Å². The third-order valence-electron chi connectivity index (χ3n) is 4.85. The van der Waals surface area contributed by atoms with Gasteiger partial charge in [-0.2, -0.15) is 0 Å². The first-order valence-corrected chi connectivity index (χ1v) is 8.92. The van der Waals surface area contributed by atoms with Crippen LogP contribution in [0.5, 0.6) is 5.75 Å². The molecule has 2 heterocycles. The van der Waals surface area contributed by atoms with E-state index >= 15 is 0 Å². The van der Waals surface area contributed by atoms with Gasteiger partial charge in [0, 0.05) is 50.5 Å². The lowest BCUT2D eigenvalue weighted by atomic mass is 10.1. The SMILES string of the molecule is COc1ccccc1[C@H](C)NCc1ccc(N2CCN(C)CC2)nc1. The minimum absolute atomic E-state index is 0.216. The van der Waals surface area contributed by atoms with Crippen molar-refractivity contribution in [1.29, 1.82) is 0 Å². The van der Waals surface area contributed by atoms with E-state index in [2.05, 4.69) is 52.3 Å². The number of benzene rings is 1. The molecule has 3 rings (SSSR count). The number of aromatic nitrogens is 1. The van der Waals surface area contributed by atoms with Crippen LogP contribution in [0.2, 0.25) is 0 Å². The number of likely N-dealkylation sites (N-methyl/N-ethyl adjacent to an activating group) is 1. The van der Waals surface area contributed by atoms with E-state index in [-0.39, 0.29) is 6.04 Å². The Morgan fingerprint density at radius 1 is 1.12 bits per heavy atom. The highest BCUT2D eigenvalue weighted by atomic mass is 16.5. The zero-order valence-corrected chi connectivity index (χ0v) is 15.4. The van der Waals surface area contributed by atoms with E-state index in [1.807, 2.05) is 24.4 Å². The van der Waals surface area contributed by atoms with Crippen LogP contribution in [-0.2, 0) is 6.54 Å². The number of rotatable bonds is 6. The fourth-order valence-electron chi connectivity index (χ4n) is 3.15. The summed E-state index contributed by atoms with van der Waals surface area (Å²) in [6.45, 7) is 7.24. The average molecular weight is 340 g/mol. The number of methoxy groups -OCH3 is 1. The molecule has 1 saturated heterocycles. The summed E-state index contributed by atoms with van der Waals surface area (Å²) in [6.07, 6.45) is 1.98. The molecule has 1 N–H and O–H groups in total. The maximum Gasteiger partial charge on any atom is 0.128 e. The van der Waals surface area contributed by atoms with Crippen molar-refractivity contribution in [2.75, 3.05) is 45.2 Å². The summed E-state index contributed by atoms with van der Waals surface area (Å²) in [7, 11) is 3.88. The molecule has 1 atom stereocenters. The van der Waals surface area contributed by atoms with E-state index < -0.39 is 0 Å². The molecule has 0 unspecified atom stereocenters. The molecule has 0 aliphatic carbocycles. The second kappa shape index (κ2) is 8.32. The van der Waals surface area contributed by atoms with Crippen LogP contribution in [0, 0.1) is 0 Å². The van der Waals surface area contributed by atoms with Crippen LogP contribution >= 0.6 is 0 Å². The molecule has 0 saturated carbocycles. The molecule has 0 radical (unpaired) electrons. The molecule has 1 aliphatic heterocycles. The van der Waals surface area contributed by atoms with Gasteiger partial charge in [0.25, 0.3) is 0 Å². The number of anilines is 1. The predicted molar refractivity (Wildman–Crippen MR) is 102 cm³/mol. The molecule has 1 fully saturated rings. The number of nitrogens with zero attached hydrogens (tertiary/aromatic N) is 3. The minimum Gasteiger partial charge on any atom is -0.496 e. The lowest BCUT2D eigenvalue weighted by Gasteiger charge is -2.33. The molecule has 134 valence electrons. The largest absolute Gasteiger partial charge is 0.496 e. The molecule has 0 amide bonds. The van der Waals surface area contributed by atoms with Gasteiger partial charge in [-0.25, -0.2) is 4.98 Å². The van der Waals surface area contributed by atoms with Crippen molar-refractivity contribution in [3.8, 4) is 5.75 Å². The van der Waals surface area contributed by atoms with Gasteiger partial charge < -0.3 is 19.9 Å². The Balaban J connectivity index is 1.56. The number of pyridine rings is 1. The first-order chi connectivity index (χ1) is 12.2. The summed E-state index contributed by atoms with van der Waals surface area (Å²) < 4.78 is 5.45. The predicted octanol–water partition coefficient (Wildman–Crippen LogP) is 2.69. The normalized spacial score (nSPS) is 16.7. The Morgan fingerprint density at radius 2 is 1.88 bits per heavy atom. The Hall–Kier alpha value is -2.11. The maximum atomic E-state index is 5.45. The molecular formula is C20H28N4O. The molecule has 0 bridgehead atoms. The van der Waals surface area contributed by atoms with Crippen molar-refractivity contribution in [2.24, 2.45) is 0 Å². The summed E-state index contributed by atoms with van der Waals surface area (Å²) in [5.41, 5.74) is 2.37. The van der Waals surface area contributed by atoms with Gasteiger partial charge in [0.05, 0.1) is 7.11 Å². The van der Waals surface area contributed by atoms with Crippen molar-refractivity contribution >= 4 is 5.82 Å². The molecule has 25 heavy (non-hydrogen) atoms.